The van der Waals surface area contributed by atoms with Crippen molar-refractivity contribution in [3.63, 3.8) is 0 Å². The summed E-state index contributed by atoms with van der Waals surface area (Å²) in [6.07, 6.45) is 0. The number of rotatable bonds is 5. The van der Waals surface area contributed by atoms with Crippen molar-refractivity contribution in [2.75, 3.05) is 18.4 Å². The lowest BCUT2D eigenvalue weighted by molar-refractivity contribution is -0.116. The quantitative estimate of drug-likeness (QED) is 0.666. The second-order valence-electron chi connectivity index (χ2n) is 6.22. The van der Waals surface area contributed by atoms with Crippen molar-refractivity contribution in [1.29, 1.82) is 0 Å². The Morgan fingerprint density at radius 3 is 2.54 bits per heavy atom. The molecular weight excluding hydrogens is 403 g/mol. The van der Waals surface area contributed by atoms with Gasteiger partial charge in [-0.15, -0.1) is 0 Å². The van der Waals surface area contributed by atoms with Gasteiger partial charge in [-0.05, 0) is 39.0 Å². The van der Waals surface area contributed by atoms with E-state index in [9.17, 15) is 9.59 Å². The van der Waals surface area contributed by atoms with E-state index in [2.05, 4.69) is 15.5 Å². The third kappa shape index (κ3) is 3.95. The molecule has 2 heterocycles. The molecule has 0 unspecified atom stereocenters. The minimum Gasteiger partial charge on any atom is -0.336 e. The highest BCUT2D eigenvalue weighted by Crippen LogP contribution is 2.30. The standard InChI is InChI=1S/C19H18Cl2N4O3/c1-4-25(9-15(26)23-17-13(20)6-5-7-14(17)21)19(27)12-8-10(2)22-18-16(12)11(3)24-28-18/h5-8H,4,9H2,1-3H3,(H,23,26). The van der Waals surface area contributed by atoms with E-state index in [0.717, 1.165) is 0 Å². The van der Waals surface area contributed by atoms with Crippen molar-refractivity contribution in [2.45, 2.75) is 20.8 Å². The Morgan fingerprint density at radius 1 is 1.21 bits per heavy atom. The maximum atomic E-state index is 13.1. The highest BCUT2D eigenvalue weighted by atomic mass is 35.5. The minimum atomic E-state index is -0.408. The minimum absolute atomic E-state index is 0.163. The van der Waals surface area contributed by atoms with Gasteiger partial charge in [0.05, 0.1) is 32.4 Å². The largest absolute Gasteiger partial charge is 0.336 e. The van der Waals surface area contributed by atoms with Gasteiger partial charge < -0.3 is 14.7 Å². The van der Waals surface area contributed by atoms with Gasteiger partial charge in [0.15, 0.2) is 0 Å². The van der Waals surface area contributed by atoms with Crippen LogP contribution in [0, 0.1) is 13.8 Å². The summed E-state index contributed by atoms with van der Waals surface area (Å²) in [5.41, 5.74) is 2.19. The first kappa shape index (κ1) is 20.1. The van der Waals surface area contributed by atoms with Gasteiger partial charge >= 0.3 is 0 Å². The van der Waals surface area contributed by atoms with E-state index in [0.29, 0.717) is 50.3 Å². The van der Waals surface area contributed by atoms with Crippen LogP contribution >= 0.6 is 23.2 Å². The fourth-order valence-corrected chi connectivity index (χ4v) is 3.35. The molecule has 0 saturated heterocycles. The molecule has 3 aromatic rings. The molecule has 0 spiro atoms. The number of anilines is 1. The smallest absolute Gasteiger partial charge is 0.258 e. The molecule has 7 nitrogen and oxygen atoms in total. The first-order valence-corrected chi connectivity index (χ1v) is 9.34. The Morgan fingerprint density at radius 2 is 1.89 bits per heavy atom. The molecule has 0 aliphatic carbocycles. The van der Waals surface area contributed by atoms with Crippen LogP contribution in [0.1, 0.15) is 28.7 Å². The van der Waals surface area contributed by atoms with Crippen LogP contribution in [0.25, 0.3) is 11.1 Å². The molecule has 3 rings (SSSR count). The first-order chi connectivity index (χ1) is 13.3. The number of hydrogen-bond acceptors (Lipinski definition) is 5. The normalized spacial score (nSPS) is 10.9. The van der Waals surface area contributed by atoms with Crippen molar-refractivity contribution in [3.05, 3.63) is 51.3 Å². The van der Waals surface area contributed by atoms with Crippen molar-refractivity contribution in [2.24, 2.45) is 0 Å². The predicted octanol–water partition coefficient (Wildman–Crippen LogP) is 4.25. The van der Waals surface area contributed by atoms with E-state index < -0.39 is 5.91 Å². The summed E-state index contributed by atoms with van der Waals surface area (Å²) in [5, 5.41) is 7.74. The van der Waals surface area contributed by atoms with E-state index in [1.165, 1.54) is 4.90 Å². The average molecular weight is 421 g/mol. The molecule has 0 bridgehead atoms. The number of aryl methyl sites for hydroxylation is 2. The second kappa shape index (κ2) is 8.16. The third-order valence-corrected chi connectivity index (χ3v) is 4.84. The number of nitrogens with zero attached hydrogens (tertiary/aromatic N) is 3. The Kier molecular flexibility index (Phi) is 5.86. The highest BCUT2D eigenvalue weighted by molar-refractivity contribution is 6.39. The number of amides is 2. The lowest BCUT2D eigenvalue weighted by Gasteiger charge is -2.21. The summed E-state index contributed by atoms with van der Waals surface area (Å²) in [7, 11) is 0. The number of para-hydroxylation sites is 1. The van der Waals surface area contributed by atoms with Gasteiger partial charge in [-0.1, -0.05) is 34.4 Å². The van der Waals surface area contributed by atoms with Crippen LogP contribution < -0.4 is 5.32 Å². The molecule has 0 atom stereocenters. The Hall–Kier alpha value is -2.64. The van der Waals surface area contributed by atoms with E-state index in [1.54, 1.807) is 45.0 Å². The maximum absolute atomic E-state index is 13.1. The topological polar surface area (TPSA) is 88.3 Å². The molecule has 146 valence electrons. The van der Waals surface area contributed by atoms with Crippen LogP contribution in [0.4, 0.5) is 5.69 Å². The number of benzene rings is 1. The van der Waals surface area contributed by atoms with Gasteiger partial charge in [-0.2, -0.15) is 0 Å². The number of carbonyl (C=O) groups excluding carboxylic acids is 2. The van der Waals surface area contributed by atoms with Crippen molar-refractivity contribution >= 4 is 51.8 Å². The molecule has 2 amide bonds. The monoisotopic (exact) mass is 420 g/mol. The highest BCUT2D eigenvalue weighted by Gasteiger charge is 2.23. The zero-order valence-electron chi connectivity index (χ0n) is 15.5. The second-order valence-corrected chi connectivity index (χ2v) is 7.04. The van der Waals surface area contributed by atoms with Gasteiger partial charge in [0.1, 0.15) is 6.54 Å². The molecule has 0 fully saturated rings. The molecule has 0 aliphatic rings. The SMILES string of the molecule is CCN(CC(=O)Nc1c(Cl)cccc1Cl)C(=O)c1cc(C)nc2onc(C)c12. The Balaban J connectivity index is 1.85. The molecule has 9 heteroatoms. The number of hydrogen-bond donors (Lipinski definition) is 1. The van der Waals surface area contributed by atoms with Gasteiger partial charge in [0.2, 0.25) is 5.91 Å². The van der Waals surface area contributed by atoms with E-state index >= 15 is 0 Å². The number of fused-ring (bicyclic) bond motifs is 1. The summed E-state index contributed by atoms with van der Waals surface area (Å²) in [6.45, 7) is 5.46. The van der Waals surface area contributed by atoms with E-state index in [1.807, 2.05) is 0 Å². The fourth-order valence-electron chi connectivity index (χ4n) is 2.85. The van der Waals surface area contributed by atoms with Gasteiger partial charge in [-0.25, -0.2) is 4.98 Å². The van der Waals surface area contributed by atoms with Crippen LogP contribution in [0.2, 0.25) is 10.0 Å². The van der Waals surface area contributed by atoms with Crippen LogP contribution in [0.15, 0.2) is 28.8 Å². The lowest BCUT2D eigenvalue weighted by Crippen LogP contribution is -2.38. The molecule has 1 aromatic carbocycles. The lowest BCUT2D eigenvalue weighted by atomic mass is 10.1. The third-order valence-electron chi connectivity index (χ3n) is 4.21. The number of pyridine rings is 1. The number of nitrogens with one attached hydrogen (secondary N) is 1. The molecule has 0 radical (unpaired) electrons. The molecule has 28 heavy (non-hydrogen) atoms. The Bertz CT molecular complexity index is 1040. The van der Waals surface area contributed by atoms with Gasteiger partial charge in [-0.3, -0.25) is 9.59 Å². The number of halogens is 2. The predicted molar refractivity (Wildman–Crippen MR) is 108 cm³/mol. The van der Waals surface area contributed by atoms with Gasteiger partial charge in [0.25, 0.3) is 11.6 Å². The number of carbonyl (C=O) groups is 2. The summed E-state index contributed by atoms with van der Waals surface area (Å²) in [6, 6.07) is 6.59. The summed E-state index contributed by atoms with van der Waals surface area (Å²) in [4.78, 5) is 31.3. The molecule has 1 N–H and O–H groups in total. The van der Waals surface area contributed by atoms with Crippen molar-refractivity contribution in [1.82, 2.24) is 15.0 Å². The van der Waals surface area contributed by atoms with Gasteiger partial charge in [0, 0.05) is 12.2 Å². The molecule has 2 aromatic heterocycles. The first-order valence-electron chi connectivity index (χ1n) is 8.58. The van der Waals surface area contributed by atoms with E-state index in [4.69, 9.17) is 27.7 Å². The van der Waals surface area contributed by atoms with Crippen molar-refractivity contribution < 1.29 is 14.1 Å². The average Bonchev–Trinajstić information content (AvgIpc) is 3.02. The molecule has 0 aliphatic heterocycles. The van der Waals surface area contributed by atoms with Crippen molar-refractivity contribution in [3.8, 4) is 0 Å². The summed E-state index contributed by atoms with van der Waals surface area (Å²) >= 11 is 12.2. The zero-order chi connectivity index (χ0) is 20.4. The summed E-state index contributed by atoms with van der Waals surface area (Å²) in [5.74, 6) is -0.723. The van der Waals surface area contributed by atoms with Crippen LogP contribution in [0.5, 0.6) is 0 Å². The van der Waals surface area contributed by atoms with Crippen LogP contribution in [0.3, 0.4) is 0 Å². The molecule has 0 saturated carbocycles. The number of likely N-dealkylation sites (N-methyl/N-ethyl adjacent to an activating group) is 1. The van der Waals surface area contributed by atoms with Crippen LogP contribution in [-0.4, -0.2) is 39.9 Å². The summed E-state index contributed by atoms with van der Waals surface area (Å²) < 4.78 is 5.18. The van der Waals surface area contributed by atoms with Crippen LogP contribution in [-0.2, 0) is 4.79 Å². The maximum Gasteiger partial charge on any atom is 0.258 e. The van der Waals surface area contributed by atoms with E-state index in [-0.39, 0.29) is 12.5 Å². The fraction of sp³-hybridized carbons (Fsp3) is 0.263. The number of aromatic nitrogens is 2. The molecular formula is C19H18Cl2N4O3. The Labute approximate surface area is 171 Å². The zero-order valence-corrected chi connectivity index (χ0v) is 17.1.